The highest BCUT2D eigenvalue weighted by Gasteiger charge is 2.22. The van der Waals surface area contributed by atoms with Crippen LogP contribution in [0.1, 0.15) is 23.6 Å². The molecule has 1 amide bonds. The van der Waals surface area contributed by atoms with E-state index in [-0.39, 0.29) is 18.4 Å². The molecule has 1 unspecified atom stereocenters. The number of benzene rings is 2. The molecule has 2 N–H and O–H groups in total. The minimum absolute atomic E-state index is 0.119. The Morgan fingerprint density at radius 1 is 1.28 bits per heavy atom. The van der Waals surface area contributed by atoms with Gasteiger partial charge in [-0.3, -0.25) is 10.1 Å². The highest BCUT2D eigenvalue weighted by Crippen LogP contribution is 2.25. The predicted molar refractivity (Wildman–Crippen MR) is 98.1 cm³/mol. The molecule has 128 valence electrons. The number of ether oxygens (including phenoxy) is 1. The predicted octanol–water partition coefficient (Wildman–Crippen LogP) is 2.89. The first kappa shape index (κ1) is 17.0. The monoisotopic (exact) mass is 356 g/mol. The fourth-order valence-corrected chi connectivity index (χ4v) is 2.60. The van der Waals surface area contributed by atoms with Crippen molar-refractivity contribution in [3.05, 3.63) is 64.7 Å². The summed E-state index contributed by atoms with van der Waals surface area (Å²) in [6, 6.07) is 14.6. The molecule has 1 aliphatic rings. The lowest BCUT2D eigenvalue weighted by Crippen LogP contribution is -2.42. The van der Waals surface area contributed by atoms with E-state index in [1.807, 2.05) is 42.5 Å². The second-order valence-electron chi connectivity index (χ2n) is 5.41. The van der Waals surface area contributed by atoms with Crippen LogP contribution in [0.3, 0.4) is 0 Å². The topological polar surface area (TPSA) is 75.1 Å². The molecule has 2 aromatic carbocycles. The zero-order valence-corrected chi connectivity index (χ0v) is 14.3. The summed E-state index contributed by atoms with van der Waals surface area (Å²) in [5.41, 5.74) is 4.46. The second-order valence-corrected chi connectivity index (χ2v) is 5.82. The van der Waals surface area contributed by atoms with Crippen LogP contribution in [0.15, 0.2) is 58.6 Å². The van der Waals surface area contributed by atoms with E-state index in [0.717, 1.165) is 16.9 Å². The van der Waals surface area contributed by atoms with Crippen LogP contribution in [0.5, 0.6) is 5.75 Å². The van der Waals surface area contributed by atoms with E-state index in [1.54, 1.807) is 19.4 Å². The number of hydrazone groups is 1. The van der Waals surface area contributed by atoms with Gasteiger partial charge in [0.1, 0.15) is 5.75 Å². The molecule has 6 nitrogen and oxygen atoms in total. The molecule has 25 heavy (non-hydrogen) atoms. The van der Waals surface area contributed by atoms with Crippen LogP contribution in [-0.4, -0.2) is 25.2 Å². The third kappa shape index (κ3) is 4.36. The van der Waals surface area contributed by atoms with E-state index in [9.17, 15) is 4.79 Å². The van der Waals surface area contributed by atoms with Gasteiger partial charge in [-0.15, -0.1) is 0 Å². The number of aliphatic imine (C=N–C) groups is 1. The molecule has 0 aromatic heterocycles. The minimum atomic E-state index is -0.266. The summed E-state index contributed by atoms with van der Waals surface area (Å²) in [5.74, 6) is 0.947. The molecule has 7 heteroatoms. The smallest absolute Gasteiger partial charge is 0.229 e. The lowest BCUT2D eigenvalue weighted by Gasteiger charge is -2.20. The Morgan fingerprint density at radius 2 is 2.04 bits per heavy atom. The number of nitrogens with one attached hydrogen (secondary N) is 2. The molecule has 0 aliphatic carbocycles. The number of carbonyl (C=O) groups is 1. The Morgan fingerprint density at radius 3 is 2.76 bits per heavy atom. The summed E-state index contributed by atoms with van der Waals surface area (Å²) >= 11 is 6.07. The number of nitrogens with zero attached hydrogens (tertiary/aromatic N) is 2. The fraction of sp³-hybridized carbons (Fsp3) is 0.167. The van der Waals surface area contributed by atoms with Crippen LogP contribution in [0.25, 0.3) is 0 Å². The SMILES string of the molecule is COc1ccc(C2CC(=O)NC(NN=Cc3ccccc3Cl)=N2)cc1. The summed E-state index contributed by atoms with van der Waals surface area (Å²) in [4.78, 5) is 16.4. The molecule has 0 saturated heterocycles. The van der Waals surface area contributed by atoms with E-state index in [1.165, 1.54) is 0 Å². The van der Waals surface area contributed by atoms with Crippen LogP contribution in [0, 0.1) is 0 Å². The third-order valence-corrected chi connectivity index (χ3v) is 4.05. The van der Waals surface area contributed by atoms with Gasteiger partial charge in [0.25, 0.3) is 0 Å². The molecule has 1 aliphatic heterocycles. The molecule has 1 atom stereocenters. The molecule has 3 rings (SSSR count). The normalized spacial score (nSPS) is 17.1. The highest BCUT2D eigenvalue weighted by atomic mass is 35.5. The molecule has 0 bridgehead atoms. The zero-order chi connectivity index (χ0) is 17.6. The summed E-state index contributed by atoms with van der Waals surface area (Å²) in [5, 5.41) is 7.36. The van der Waals surface area contributed by atoms with Crippen LogP contribution >= 0.6 is 11.6 Å². The maximum atomic E-state index is 11.9. The first-order valence-corrected chi connectivity index (χ1v) is 8.08. The Balaban J connectivity index is 1.72. The van der Waals surface area contributed by atoms with E-state index >= 15 is 0 Å². The Hall–Kier alpha value is -2.86. The van der Waals surface area contributed by atoms with Crippen molar-refractivity contribution >= 4 is 29.7 Å². The molecular formula is C18H17ClN4O2. The standard InChI is InChI=1S/C18H17ClN4O2/c1-25-14-8-6-12(7-9-14)16-10-17(24)22-18(21-16)23-20-11-13-4-2-3-5-15(13)19/h2-9,11,16H,10H2,1H3,(H2,21,22,23,24). The summed E-state index contributed by atoms with van der Waals surface area (Å²) < 4.78 is 5.15. The minimum Gasteiger partial charge on any atom is -0.497 e. The van der Waals surface area contributed by atoms with Crippen molar-refractivity contribution in [2.75, 3.05) is 7.11 Å². The molecular weight excluding hydrogens is 340 g/mol. The van der Waals surface area contributed by atoms with Gasteiger partial charge in [-0.25, -0.2) is 10.4 Å². The van der Waals surface area contributed by atoms with Gasteiger partial charge in [0.15, 0.2) is 0 Å². The number of carbonyl (C=O) groups excluding carboxylic acids is 1. The van der Waals surface area contributed by atoms with Crippen LogP contribution < -0.4 is 15.5 Å². The Labute approximate surface area is 150 Å². The van der Waals surface area contributed by atoms with E-state index in [2.05, 4.69) is 20.8 Å². The summed E-state index contributed by atoms with van der Waals surface area (Å²) in [7, 11) is 1.61. The molecule has 0 fully saturated rings. The van der Waals surface area contributed by atoms with Crippen molar-refractivity contribution < 1.29 is 9.53 Å². The molecule has 0 saturated carbocycles. The van der Waals surface area contributed by atoms with Crippen LogP contribution in [-0.2, 0) is 4.79 Å². The van der Waals surface area contributed by atoms with E-state index in [0.29, 0.717) is 11.0 Å². The van der Waals surface area contributed by atoms with Crippen LogP contribution in [0.2, 0.25) is 5.02 Å². The molecule has 2 aromatic rings. The van der Waals surface area contributed by atoms with E-state index < -0.39 is 0 Å². The Kier molecular flexibility index (Phi) is 5.30. The van der Waals surface area contributed by atoms with Crippen molar-refractivity contribution in [2.24, 2.45) is 10.1 Å². The lowest BCUT2D eigenvalue weighted by atomic mass is 10.0. The average molecular weight is 357 g/mol. The maximum Gasteiger partial charge on any atom is 0.229 e. The van der Waals surface area contributed by atoms with Crippen molar-refractivity contribution in [1.82, 2.24) is 10.7 Å². The van der Waals surface area contributed by atoms with Gasteiger partial charge in [0.05, 0.1) is 25.8 Å². The van der Waals surface area contributed by atoms with Crippen molar-refractivity contribution in [3.8, 4) is 5.75 Å². The van der Waals surface area contributed by atoms with Crippen LogP contribution in [0.4, 0.5) is 0 Å². The quantitative estimate of drug-likeness (QED) is 0.653. The number of hydrogen-bond acceptors (Lipinski definition) is 5. The Bertz CT molecular complexity index is 818. The fourth-order valence-electron chi connectivity index (χ4n) is 2.41. The second kappa shape index (κ2) is 7.81. The van der Waals surface area contributed by atoms with Gasteiger partial charge >= 0.3 is 0 Å². The van der Waals surface area contributed by atoms with Gasteiger partial charge in [-0.05, 0) is 23.8 Å². The van der Waals surface area contributed by atoms with Crippen molar-refractivity contribution in [2.45, 2.75) is 12.5 Å². The van der Waals surface area contributed by atoms with Crippen molar-refractivity contribution in [3.63, 3.8) is 0 Å². The molecule has 1 heterocycles. The molecule has 0 spiro atoms. The van der Waals surface area contributed by atoms with E-state index in [4.69, 9.17) is 16.3 Å². The van der Waals surface area contributed by atoms with Gasteiger partial charge in [-0.1, -0.05) is 41.9 Å². The lowest BCUT2D eigenvalue weighted by molar-refractivity contribution is -0.120. The first-order chi connectivity index (χ1) is 12.2. The van der Waals surface area contributed by atoms with Gasteiger partial charge in [-0.2, -0.15) is 5.10 Å². The summed E-state index contributed by atoms with van der Waals surface area (Å²) in [6.07, 6.45) is 1.86. The largest absolute Gasteiger partial charge is 0.497 e. The molecule has 0 radical (unpaired) electrons. The number of amides is 1. The highest BCUT2D eigenvalue weighted by molar-refractivity contribution is 6.33. The third-order valence-electron chi connectivity index (χ3n) is 3.70. The number of halogens is 1. The number of guanidine groups is 1. The summed E-state index contributed by atoms with van der Waals surface area (Å²) in [6.45, 7) is 0. The van der Waals surface area contributed by atoms with Crippen molar-refractivity contribution in [1.29, 1.82) is 0 Å². The number of rotatable bonds is 4. The zero-order valence-electron chi connectivity index (χ0n) is 13.6. The van der Waals surface area contributed by atoms with Gasteiger partial charge in [0, 0.05) is 10.6 Å². The first-order valence-electron chi connectivity index (χ1n) is 7.71. The van der Waals surface area contributed by atoms with Gasteiger partial charge in [0.2, 0.25) is 11.9 Å². The maximum absolute atomic E-state index is 11.9. The van der Waals surface area contributed by atoms with Gasteiger partial charge < -0.3 is 4.74 Å². The number of hydrogen-bond donors (Lipinski definition) is 2. The average Bonchev–Trinajstić information content (AvgIpc) is 2.63. The number of methoxy groups -OCH3 is 1.